The summed E-state index contributed by atoms with van der Waals surface area (Å²) in [5.74, 6) is -0.0294. The maximum atomic E-state index is 12.4. The summed E-state index contributed by atoms with van der Waals surface area (Å²) in [6, 6.07) is -0.545. The highest BCUT2D eigenvalue weighted by Crippen LogP contribution is 2.18. The quantitative estimate of drug-likeness (QED) is 0.0321. The van der Waals surface area contributed by atoms with E-state index in [-0.39, 0.29) is 18.5 Å². The Bertz CT molecular complexity index is 1000. The van der Waals surface area contributed by atoms with Crippen LogP contribution in [0.2, 0.25) is 0 Å². The van der Waals surface area contributed by atoms with E-state index in [2.05, 4.69) is 31.3 Å². The molecule has 0 aliphatic carbocycles. The molecule has 0 aliphatic rings. The molecular formula is C61H119NO5. The summed E-state index contributed by atoms with van der Waals surface area (Å²) in [6.07, 6.45) is 67.9. The smallest absolute Gasteiger partial charge is 0.305 e. The molecule has 398 valence electrons. The van der Waals surface area contributed by atoms with Gasteiger partial charge < -0.3 is 20.3 Å². The van der Waals surface area contributed by atoms with Gasteiger partial charge in [0.25, 0.3) is 0 Å². The average molecular weight is 947 g/mol. The van der Waals surface area contributed by atoms with Gasteiger partial charge in [-0.15, -0.1) is 0 Å². The first-order valence-electron chi connectivity index (χ1n) is 30.4. The number of aliphatic hydroxyl groups is 2. The molecule has 0 fully saturated rings. The number of esters is 1. The minimum Gasteiger partial charge on any atom is -0.466 e. The van der Waals surface area contributed by atoms with Crippen LogP contribution in [0.1, 0.15) is 341 Å². The fourth-order valence-electron chi connectivity index (χ4n) is 9.64. The summed E-state index contributed by atoms with van der Waals surface area (Å²) >= 11 is 0. The molecule has 0 aliphatic heterocycles. The molecule has 0 heterocycles. The minimum atomic E-state index is -0.667. The average Bonchev–Trinajstić information content (AvgIpc) is 3.33. The number of ether oxygens (including phenoxy) is 1. The molecule has 0 radical (unpaired) electrons. The van der Waals surface area contributed by atoms with Crippen LogP contribution in [0.5, 0.6) is 0 Å². The Morgan fingerprint density at radius 2 is 0.701 bits per heavy atom. The van der Waals surface area contributed by atoms with Crippen LogP contribution in [-0.4, -0.2) is 47.4 Å². The van der Waals surface area contributed by atoms with Crippen LogP contribution in [0.25, 0.3) is 0 Å². The Kier molecular flexibility index (Phi) is 56.0. The van der Waals surface area contributed by atoms with Crippen LogP contribution in [0.3, 0.4) is 0 Å². The van der Waals surface area contributed by atoms with Crippen molar-refractivity contribution in [2.75, 3.05) is 13.2 Å². The number of nitrogens with one attached hydrogen (secondary N) is 1. The first kappa shape index (κ1) is 65.6. The van der Waals surface area contributed by atoms with E-state index in [0.29, 0.717) is 25.9 Å². The fraction of sp³-hybridized carbons (Fsp3) is 0.934. The molecule has 0 saturated carbocycles. The first-order chi connectivity index (χ1) is 33.0. The molecule has 0 bridgehead atoms. The molecule has 0 aromatic heterocycles. The third-order valence-electron chi connectivity index (χ3n) is 14.3. The van der Waals surface area contributed by atoms with Crippen LogP contribution in [0, 0.1) is 0 Å². The van der Waals surface area contributed by atoms with Crippen molar-refractivity contribution in [3.05, 3.63) is 12.2 Å². The minimum absolute atomic E-state index is 0.0131. The van der Waals surface area contributed by atoms with E-state index >= 15 is 0 Å². The lowest BCUT2D eigenvalue weighted by Crippen LogP contribution is -2.45. The van der Waals surface area contributed by atoms with Crippen LogP contribution in [0.4, 0.5) is 0 Å². The van der Waals surface area contributed by atoms with Crippen LogP contribution in [-0.2, 0) is 14.3 Å². The maximum absolute atomic E-state index is 12.4. The number of rotatable bonds is 57. The molecule has 1 amide bonds. The van der Waals surface area contributed by atoms with Gasteiger partial charge >= 0.3 is 5.97 Å². The molecular weight excluding hydrogens is 827 g/mol. The van der Waals surface area contributed by atoms with Crippen molar-refractivity contribution in [3.63, 3.8) is 0 Å². The van der Waals surface area contributed by atoms with Crippen LogP contribution >= 0.6 is 0 Å². The number of hydrogen-bond donors (Lipinski definition) is 3. The Morgan fingerprint density at radius 1 is 0.403 bits per heavy atom. The SMILES string of the molecule is CCCCCCCCCCCCCCCCCCCCC(=O)OCCCCCCCCCCCC/C=C\CCCCCCCCCC(=O)NC(CO)C(O)CCCCCCCCCCCCC. The summed E-state index contributed by atoms with van der Waals surface area (Å²) in [6.45, 7) is 4.96. The van der Waals surface area contributed by atoms with Crippen molar-refractivity contribution in [2.24, 2.45) is 0 Å². The van der Waals surface area contributed by atoms with Gasteiger partial charge in [0.05, 0.1) is 25.4 Å². The monoisotopic (exact) mass is 946 g/mol. The zero-order chi connectivity index (χ0) is 48.6. The number of amides is 1. The van der Waals surface area contributed by atoms with E-state index in [9.17, 15) is 19.8 Å². The highest BCUT2D eigenvalue weighted by atomic mass is 16.5. The Morgan fingerprint density at radius 3 is 1.06 bits per heavy atom. The standard InChI is InChI=1S/C61H119NO5/c1-3-5-7-9-11-13-15-16-17-18-25-28-31-35-39-43-47-51-55-61(66)67-56-52-48-44-40-36-32-29-26-23-21-19-20-22-24-27-30-34-38-42-46-50-54-60(65)62-58(57-63)59(64)53-49-45-41-37-33-14-12-10-8-6-4-2/h20,22,58-59,63-64H,3-19,21,23-57H2,1-2H3,(H,62,65)/b22-20-. The summed E-state index contributed by atoms with van der Waals surface area (Å²) in [5, 5.41) is 23.2. The molecule has 6 nitrogen and oxygen atoms in total. The molecule has 0 rings (SSSR count). The maximum Gasteiger partial charge on any atom is 0.305 e. The molecule has 2 atom stereocenters. The van der Waals surface area contributed by atoms with Crippen LogP contribution in [0.15, 0.2) is 12.2 Å². The highest BCUT2D eigenvalue weighted by Gasteiger charge is 2.20. The number of hydrogen-bond acceptors (Lipinski definition) is 5. The molecule has 3 N–H and O–H groups in total. The van der Waals surface area contributed by atoms with E-state index in [1.807, 2.05) is 0 Å². The molecule has 6 heteroatoms. The summed E-state index contributed by atoms with van der Waals surface area (Å²) in [7, 11) is 0. The Hall–Kier alpha value is -1.40. The van der Waals surface area contributed by atoms with Gasteiger partial charge in [0, 0.05) is 12.8 Å². The fourth-order valence-corrected chi connectivity index (χ4v) is 9.64. The molecule has 0 aromatic rings. The number of unbranched alkanes of at least 4 members (excludes halogenated alkanes) is 44. The molecule has 0 spiro atoms. The normalized spacial score (nSPS) is 12.6. The van der Waals surface area contributed by atoms with Gasteiger partial charge in [-0.05, 0) is 51.4 Å². The van der Waals surface area contributed by atoms with Crippen LogP contribution < -0.4 is 5.32 Å². The van der Waals surface area contributed by atoms with Crippen molar-refractivity contribution < 1.29 is 24.5 Å². The second-order valence-corrected chi connectivity index (χ2v) is 21.0. The molecule has 2 unspecified atom stereocenters. The second kappa shape index (κ2) is 57.2. The topological polar surface area (TPSA) is 95.9 Å². The summed E-state index contributed by atoms with van der Waals surface area (Å²) < 4.78 is 5.50. The third-order valence-corrected chi connectivity index (χ3v) is 14.3. The lowest BCUT2D eigenvalue weighted by Gasteiger charge is -2.22. The van der Waals surface area contributed by atoms with E-state index in [4.69, 9.17) is 4.74 Å². The number of allylic oxidation sites excluding steroid dienone is 2. The van der Waals surface area contributed by atoms with Crippen molar-refractivity contribution in [3.8, 4) is 0 Å². The zero-order valence-electron chi connectivity index (χ0n) is 45.4. The van der Waals surface area contributed by atoms with Crippen molar-refractivity contribution >= 4 is 11.9 Å². The first-order valence-corrected chi connectivity index (χ1v) is 30.4. The van der Waals surface area contributed by atoms with Gasteiger partial charge in [-0.2, -0.15) is 0 Å². The summed E-state index contributed by atoms with van der Waals surface area (Å²) in [5.41, 5.74) is 0. The Balaban J connectivity index is 3.37. The largest absolute Gasteiger partial charge is 0.466 e. The summed E-state index contributed by atoms with van der Waals surface area (Å²) in [4.78, 5) is 24.5. The van der Waals surface area contributed by atoms with E-state index < -0.39 is 12.1 Å². The van der Waals surface area contributed by atoms with Gasteiger partial charge in [-0.3, -0.25) is 9.59 Å². The number of carbonyl (C=O) groups excluding carboxylic acids is 2. The Labute approximate surface area is 419 Å². The zero-order valence-corrected chi connectivity index (χ0v) is 45.4. The second-order valence-electron chi connectivity index (χ2n) is 21.0. The van der Waals surface area contributed by atoms with Crippen molar-refractivity contribution in [2.45, 2.75) is 353 Å². The van der Waals surface area contributed by atoms with Crippen molar-refractivity contribution in [1.29, 1.82) is 0 Å². The van der Waals surface area contributed by atoms with Gasteiger partial charge in [0.2, 0.25) is 5.91 Å². The van der Waals surface area contributed by atoms with E-state index in [1.165, 1.54) is 270 Å². The van der Waals surface area contributed by atoms with Crippen molar-refractivity contribution in [1.82, 2.24) is 5.32 Å². The van der Waals surface area contributed by atoms with E-state index in [1.54, 1.807) is 0 Å². The van der Waals surface area contributed by atoms with Gasteiger partial charge in [0.15, 0.2) is 0 Å². The molecule has 0 saturated heterocycles. The third kappa shape index (κ3) is 53.8. The highest BCUT2D eigenvalue weighted by molar-refractivity contribution is 5.76. The molecule has 0 aromatic carbocycles. The predicted octanol–water partition coefficient (Wildman–Crippen LogP) is 18.9. The van der Waals surface area contributed by atoms with Gasteiger partial charge in [-0.1, -0.05) is 289 Å². The predicted molar refractivity (Wildman–Crippen MR) is 292 cm³/mol. The van der Waals surface area contributed by atoms with Gasteiger partial charge in [-0.25, -0.2) is 0 Å². The molecule has 67 heavy (non-hydrogen) atoms. The lowest BCUT2D eigenvalue weighted by molar-refractivity contribution is -0.143. The number of aliphatic hydroxyl groups excluding tert-OH is 2. The number of carbonyl (C=O) groups is 2. The lowest BCUT2D eigenvalue weighted by atomic mass is 10.0. The van der Waals surface area contributed by atoms with E-state index in [0.717, 1.165) is 38.5 Å². The van der Waals surface area contributed by atoms with Gasteiger partial charge in [0.1, 0.15) is 0 Å².